The van der Waals surface area contributed by atoms with E-state index in [0.717, 1.165) is 15.2 Å². The Morgan fingerprint density at radius 2 is 2.00 bits per heavy atom. The van der Waals surface area contributed by atoms with Crippen molar-refractivity contribution >= 4 is 38.4 Å². The second-order valence-electron chi connectivity index (χ2n) is 3.18. The fraction of sp³-hybridized carbons (Fsp3) is 0.0909. The first-order chi connectivity index (χ1) is 7.18. The molecule has 1 N–H and O–H groups in total. The van der Waals surface area contributed by atoms with Crippen LogP contribution < -0.4 is 5.32 Å². The molecular weight excluding hydrogens is 256 g/mol. The lowest BCUT2D eigenvalue weighted by molar-refractivity contribution is -0.114. The molecule has 1 aromatic carbocycles. The molecule has 0 fully saturated rings. The number of hydrogen-bond donors (Lipinski definition) is 1. The van der Waals surface area contributed by atoms with Crippen molar-refractivity contribution in [1.82, 2.24) is 4.98 Å². The van der Waals surface area contributed by atoms with E-state index in [1.165, 1.54) is 6.92 Å². The Bertz CT molecular complexity index is 525. The van der Waals surface area contributed by atoms with Gasteiger partial charge in [0, 0.05) is 28.4 Å². The van der Waals surface area contributed by atoms with Gasteiger partial charge in [-0.2, -0.15) is 0 Å². The van der Waals surface area contributed by atoms with Crippen molar-refractivity contribution in [2.24, 2.45) is 0 Å². The molecule has 3 nitrogen and oxygen atoms in total. The van der Waals surface area contributed by atoms with Gasteiger partial charge in [0.2, 0.25) is 5.91 Å². The normalized spacial score (nSPS) is 10.3. The van der Waals surface area contributed by atoms with Crippen LogP contribution in [0.2, 0.25) is 0 Å². The number of anilines is 1. The van der Waals surface area contributed by atoms with Gasteiger partial charge in [0.15, 0.2) is 0 Å². The largest absolute Gasteiger partial charge is 0.310 e. The van der Waals surface area contributed by atoms with Gasteiger partial charge >= 0.3 is 0 Å². The minimum Gasteiger partial charge on any atom is -0.310 e. The number of fused-ring (bicyclic) bond motifs is 1. The maximum absolute atomic E-state index is 11.0. The molecule has 4 heteroatoms. The molecule has 1 heterocycles. The molecule has 0 radical (unpaired) electrons. The first-order valence-corrected chi connectivity index (χ1v) is 5.28. The molecule has 0 saturated heterocycles. The third-order valence-electron chi connectivity index (χ3n) is 2.04. The Balaban J connectivity index is 2.66. The van der Waals surface area contributed by atoms with Crippen LogP contribution in [0.3, 0.4) is 0 Å². The van der Waals surface area contributed by atoms with E-state index in [4.69, 9.17) is 0 Å². The van der Waals surface area contributed by atoms with Gasteiger partial charge in [-0.15, -0.1) is 0 Å². The summed E-state index contributed by atoms with van der Waals surface area (Å²) in [5, 5.41) is 4.67. The van der Waals surface area contributed by atoms with E-state index in [-0.39, 0.29) is 5.91 Å². The third kappa shape index (κ3) is 1.99. The predicted molar refractivity (Wildman–Crippen MR) is 63.7 cm³/mol. The highest BCUT2D eigenvalue weighted by atomic mass is 79.9. The molecule has 0 aliphatic heterocycles. The van der Waals surface area contributed by atoms with E-state index in [1.54, 1.807) is 6.20 Å². The first kappa shape index (κ1) is 10.1. The summed E-state index contributed by atoms with van der Waals surface area (Å²) in [6, 6.07) is 7.77. The molecule has 15 heavy (non-hydrogen) atoms. The Labute approximate surface area is 95.6 Å². The van der Waals surface area contributed by atoms with E-state index >= 15 is 0 Å². The predicted octanol–water partition coefficient (Wildman–Crippen LogP) is 2.96. The number of nitrogens with one attached hydrogen (secondary N) is 1. The zero-order chi connectivity index (χ0) is 10.8. The summed E-state index contributed by atoms with van der Waals surface area (Å²) < 4.78 is 0.923. The van der Waals surface area contributed by atoms with Crippen LogP contribution in [0, 0.1) is 0 Å². The number of nitrogens with zero attached hydrogens (tertiary/aromatic N) is 1. The van der Waals surface area contributed by atoms with Crippen molar-refractivity contribution in [3.05, 3.63) is 34.9 Å². The van der Waals surface area contributed by atoms with Crippen molar-refractivity contribution < 1.29 is 4.79 Å². The standard InChI is InChI=1S/C11H9BrN2O/c1-7(15)14-11-9-5-3-2-4-8(9)10(12)6-13-11/h2-6H,1H3,(H,13,14,15). The van der Waals surface area contributed by atoms with Crippen LogP contribution in [0.1, 0.15) is 6.92 Å². The molecule has 0 saturated carbocycles. The lowest BCUT2D eigenvalue weighted by atomic mass is 10.1. The molecule has 1 amide bonds. The van der Waals surface area contributed by atoms with E-state index < -0.39 is 0 Å². The van der Waals surface area contributed by atoms with Gasteiger partial charge in [0.1, 0.15) is 5.82 Å². The number of rotatable bonds is 1. The summed E-state index contributed by atoms with van der Waals surface area (Å²) in [6.45, 7) is 1.47. The lowest BCUT2D eigenvalue weighted by Crippen LogP contribution is -2.07. The average Bonchev–Trinajstić information content (AvgIpc) is 2.22. The number of hydrogen-bond acceptors (Lipinski definition) is 2. The van der Waals surface area contributed by atoms with Crippen LogP contribution in [-0.4, -0.2) is 10.9 Å². The minimum atomic E-state index is -0.116. The Morgan fingerprint density at radius 1 is 1.33 bits per heavy atom. The summed E-state index contributed by atoms with van der Waals surface area (Å²) in [6.07, 6.45) is 1.69. The van der Waals surface area contributed by atoms with Gasteiger partial charge in [-0.25, -0.2) is 4.98 Å². The zero-order valence-electron chi connectivity index (χ0n) is 8.12. The van der Waals surface area contributed by atoms with Crippen molar-refractivity contribution in [3.8, 4) is 0 Å². The van der Waals surface area contributed by atoms with Crippen LogP contribution >= 0.6 is 15.9 Å². The number of carbonyl (C=O) groups is 1. The summed E-state index contributed by atoms with van der Waals surface area (Å²) >= 11 is 3.42. The molecule has 0 spiro atoms. The van der Waals surface area contributed by atoms with Crippen LogP contribution in [0.4, 0.5) is 5.82 Å². The fourth-order valence-electron chi connectivity index (χ4n) is 1.42. The second-order valence-corrected chi connectivity index (χ2v) is 4.04. The Kier molecular flexibility index (Phi) is 2.68. The van der Waals surface area contributed by atoms with E-state index in [9.17, 15) is 4.79 Å². The van der Waals surface area contributed by atoms with Crippen molar-refractivity contribution in [2.45, 2.75) is 6.92 Å². The molecule has 0 aliphatic rings. The Morgan fingerprint density at radius 3 is 2.67 bits per heavy atom. The van der Waals surface area contributed by atoms with Crippen LogP contribution in [0.25, 0.3) is 10.8 Å². The maximum Gasteiger partial charge on any atom is 0.222 e. The van der Waals surface area contributed by atoms with Gasteiger partial charge in [0.05, 0.1) is 0 Å². The second kappa shape index (κ2) is 3.98. The van der Waals surface area contributed by atoms with Gasteiger partial charge in [0.25, 0.3) is 0 Å². The zero-order valence-corrected chi connectivity index (χ0v) is 9.71. The fourth-order valence-corrected chi connectivity index (χ4v) is 1.87. The molecule has 0 aliphatic carbocycles. The monoisotopic (exact) mass is 264 g/mol. The molecule has 0 unspecified atom stereocenters. The summed E-state index contributed by atoms with van der Waals surface area (Å²) in [5.74, 6) is 0.483. The van der Waals surface area contributed by atoms with Gasteiger partial charge in [-0.3, -0.25) is 4.79 Å². The molecule has 2 aromatic rings. The summed E-state index contributed by atoms with van der Waals surface area (Å²) in [7, 11) is 0. The molecule has 76 valence electrons. The third-order valence-corrected chi connectivity index (χ3v) is 2.67. The highest BCUT2D eigenvalue weighted by Gasteiger charge is 2.05. The average molecular weight is 265 g/mol. The number of amides is 1. The smallest absolute Gasteiger partial charge is 0.222 e. The maximum atomic E-state index is 11.0. The van der Waals surface area contributed by atoms with Gasteiger partial charge < -0.3 is 5.32 Å². The highest BCUT2D eigenvalue weighted by molar-refractivity contribution is 9.10. The van der Waals surface area contributed by atoms with E-state index in [1.807, 2.05) is 24.3 Å². The number of pyridine rings is 1. The molecular formula is C11H9BrN2O. The number of benzene rings is 1. The van der Waals surface area contributed by atoms with E-state index in [0.29, 0.717) is 5.82 Å². The van der Waals surface area contributed by atoms with Crippen LogP contribution in [-0.2, 0) is 4.79 Å². The highest BCUT2D eigenvalue weighted by Crippen LogP contribution is 2.27. The summed E-state index contributed by atoms with van der Waals surface area (Å²) in [4.78, 5) is 15.1. The molecule has 0 atom stereocenters. The van der Waals surface area contributed by atoms with Crippen molar-refractivity contribution in [3.63, 3.8) is 0 Å². The minimum absolute atomic E-state index is 0.116. The topological polar surface area (TPSA) is 42.0 Å². The van der Waals surface area contributed by atoms with Gasteiger partial charge in [-0.05, 0) is 15.9 Å². The van der Waals surface area contributed by atoms with Crippen molar-refractivity contribution in [2.75, 3.05) is 5.32 Å². The van der Waals surface area contributed by atoms with Crippen LogP contribution in [0.5, 0.6) is 0 Å². The van der Waals surface area contributed by atoms with Gasteiger partial charge in [-0.1, -0.05) is 24.3 Å². The quantitative estimate of drug-likeness (QED) is 0.861. The molecule has 1 aromatic heterocycles. The summed E-state index contributed by atoms with van der Waals surface area (Å²) in [5.41, 5.74) is 0. The number of aromatic nitrogens is 1. The molecule has 0 bridgehead atoms. The number of halogens is 1. The van der Waals surface area contributed by atoms with Crippen molar-refractivity contribution in [1.29, 1.82) is 0 Å². The first-order valence-electron chi connectivity index (χ1n) is 4.49. The SMILES string of the molecule is CC(=O)Nc1ncc(Br)c2ccccc12. The van der Waals surface area contributed by atoms with Crippen LogP contribution in [0.15, 0.2) is 34.9 Å². The lowest BCUT2D eigenvalue weighted by Gasteiger charge is -2.06. The molecule has 2 rings (SSSR count). The Hall–Kier alpha value is -1.42. The number of carbonyl (C=O) groups excluding carboxylic acids is 1. The van der Waals surface area contributed by atoms with E-state index in [2.05, 4.69) is 26.2 Å².